The fraction of sp³-hybridized carbons (Fsp3) is 0.0526. The Morgan fingerprint density at radius 3 is 2.69 bits per heavy atom. The number of amides is 1. The van der Waals surface area contributed by atoms with Crippen molar-refractivity contribution in [2.75, 3.05) is 5.43 Å². The molecule has 128 valence electrons. The first-order valence-corrected chi connectivity index (χ1v) is 8.85. The fourth-order valence-electron chi connectivity index (χ4n) is 2.59. The van der Waals surface area contributed by atoms with Gasteiger partial charge >= 0.3 is 0 Å². The number of para-hydroxylation sites is 1. The molecule has 0 spiro atoms. The molecule has 26 heavy (non-hydrogen) atoms. The third kappa shape index (κ3) is 3.25. The van der Waals surface area contributed by atoms with Crippen molar-refractivity contribution >= 4 is 28.1 Å². The molecule has 0 aliphatic heterocycles. The number of benzene rings is 2. The van der Waals surface area contributed by atoms with E-state index in [9.17, 15) is 9.59 Å². The normalized spacial score (nSPS) is 10.8. The molecule has 2 aromatic carbocycles. The van der Waals surface area contributed by atoms with Crippen LogP contribution in [-0.2, 0) is 11.2 Å². The molecule has 0 saturated heterocycles. The lowest BCUT2D eigenvalue weighted by Gasteiger charge is -2.07. The van der Waals surface area contributed by atoms with E-state index in [0.717, 1.165) is 15.2 Å². The lowest BCUT2D eigenvalue weighted by molar-refractivity contribution is -0.116. The van der Waals surface area contributed by atoms with E-state index >= 15 is 0 Å². The number of aromatic nitrogens is 3. The SMILES string of the molecule is O=C(Cc1csc(-c2ccccc2)n1)Nn1cnc2ccccc2c1=O. The topological polar surface area (TPSA) is 76.9 Å². The van der Waals surface area contributed by atoms with Crippen molar-refractivity contribution in [3.05, 3.63) is 82.4 Å². The van der Waals surface area contributed by atoms with Gasteiger partial charge in [0.1, 0.15) is 11.3 Å². The van der Waals surface area contributed by atoms with E-state index in [1.54, 1.807) is 18.2 Å². The number of fused-ring (bicyclic) bond motifs is 1. The van der Waals surface area contributed by atoms with E-state index < -0.39 is 0 Å². The maximum absolute atomic E-state index is 12.4. The van der Waals surface area contributed by atoms with Crippen LogP contribution in [0.25, 0.3) is 21.5 Å². The molecule has 0 radical (unpaired) electrons. The van der Waals surface area contributed by atoms with Crippen LogP contribution in [-0.4, -0.2) is 20.6 Å². The molecule has 0 atom stereocenters. The molecular formula is C19H14N4O2S. The van der Waals surface area contributed by atoms with E-state index in [0.29, 0.717) is 16.6 Å². The third-order valence-corrected chi connectivity index (χ3v) is 4.77. The molecule has 2 aromatic heterocycles. The van der Waals surface area contributed by atoms with Crippen molar-refractivity contribution < 1.29 is 4.79 Å². The van der Waals surface area contributed by atoms with Crippen molar-refractivity contribution in [2.24, 2.45) is 0 Å². The van der Waals surface area contributed by atoms with Crippen LogP contribution in [0.2, 0.25) is 0 Å². The van der Waals surface area contributed by atoms with Crippen LogP contribution in [0.15, 0.2) is 71.1 Å². The molecule has 4 rings (SSSR count). The first-order chi connectivity index (χ1) is 12.7. The molecular weight excluding hydrogens is 348 g/mol. The summed E-state index contributed by atoms with van der Waals surface area (Å²) in [7, 11) is 0. The lowest BCUT2D eigenvalue weighted by Crippen LogP contribution is -2.34. The Hall–Kier alpha value is -3.32. The highest BCUT2D eigenvalue weighted by Gasteiger charge is 2.11. The number of thiazole rings is 1. The first-order valence-electron chi connectivity index (χ1n) is 7.97. The zero-order valence-corrected chi connectivity index (χ0v) is 14.4. The van der Waals surface area contributed by atoms with Crippen molar-refractivity contribution in [3.8, 4) is 10.6 Å². The molecule has 0 aliphatic carbocycles. The van der Waals surface area contributed by atoms with Gasteiger partial charge in [-0.25, -0.2) is 14.6 Å². The summed E-state index contributed by atoms with van der Waals surface area (Å²) in [6, 6.07) is 16.8. The Morgan fingerprint density at radius 2 is 1.85 bits per heavy atom. The maximum atomic E-state index is 12.4. The van der Waals surface area contributed by atoms with Gasteiger partial charge in [0.25, 0.3) is 5.56 Å². The number of carbonyl (C=O) groups is 1. The number of nitrogens with one attached hydrogen (secondary N) is 1. The highest BCUT2D eigenvalue weighted by atomic mass is 32.1. The van der Waals surface area contributed by atoms with Crippen LogP contribution >= 0.6 is 11.3 Å². The monoisotopic (exact) mass is 362 g/mol. The van der Waals surface area contributed by atoms with E-state index in [1.807, 2.05) is 41.8 Å². The predicted octanol–water partition coefficient (Wildman–Crippen LogP) is 2.83. The Morgan fingerprint density at radius 1 is 1.08 bits per heavy atom. The highest BCUT2D eigenvalue weighted by molar-refractivity contribution is 7.13. The van der Waals surface area contributed by atoms with Gasteiger partial charge in [-0.1, -0.05) is 42.5 Å². The maximum Gasteiger partial charge on any atom is 0.280 e. The van der Waals surface area contributed by atoms with Gasteiger partial charge in [0.2, 0.25) is 5.91 Å². The van der Waals surface area contributed by atoms with Gasteiger partial charge in [-0.3, -0.25) is 15.0 Å². The largest absolute Gasteiger partial charge is 0.280 e. The minimum Gasteiger partial charge on any atom is -0.273 e. The predicted molar refractivity (Wildman–Crippen MR) is 102 cm³/mol. The van der Waals surface area contributed by atoms with Crippen molar-refractivity contribution in [2.45, 2.75) is 6.42 Å². The van der Waals surface area contributed by atoms with Crippen molar-refractivity contribution in [3.63, 3.8) is 0 Å². The fourth-order valence-corrected chi connectivity index (χ4v) is 3.41. The van der Waals surface area contributed by atoms with Gasteiger partial charge in [0.05, 0.1) is 23.0 Å². The quantitative estimate of drug-likeness (QED) is 0.606. The van der Waals surface area contributed by atoms with Gasteiger partial charge in [-0.05, 0) is 12.1 Å². The molecule has 7 heteroatoms. The second kappa shape index (κ2) is 6.89. The first kappa shape index (κ1) is 16.2. The van der Waals surface area contributed by atoms with E-state index in [4.69, 9.17) is 0 Å². The summed E-state index contributed by atoms with van der Waals surface area (Å²) in [6.07, 6.45) is 1.40. The molecule has 6 nitrogen and oxygen atoms in total. The van der Waals surface area contributed by atoms with Crippen LogP contribution in [0.1, 0.15) is 5.69 Å². The standard InChI is InChI=1S/C19H14N4O2S/c24-17(10-14-11-26-18(21-14)13-6-2-1-3-7-13)22-23-12-20-16-9-5-4-8-15(16)19(23)25/h1-9,11-12H,10H2,(H,22,24). The van der Waals surface area contributed by atoms with Crippen LogP contribution in [0.3, 0.4) is 0 Å². The molecule has 0 fully saturated rings. The molecule has 4 aromatic rings. The zero-order chi connectivity index (χ0) is 17.9. The lowest BCUT2D eigenvalue weighted by atomic mass is 10.2. The van der Waals surface area contributed by atoms with Gasteiger partial charge in [0, 0.05) is 10.9 Å². The van der Waals surface area contributed by atoms with Gasteiger partial charge < -0.3 is 0 Å². The summed E-state index contributed by atoms with van der Waals surface area (Å²) in [5.41, 5.74) is 4.52. The molecule has 0 saturated carbocycles. The van der Waals surface area contributed by atoms with Crippen LogP contribution in [0.5, 0.6) is 0 Å². The Bertz CT molecular complexity index is 1130. The Labute approximate surface area is 152 Å². The summed E-state index contributed by atoms with van der Waals surface area (Å²) in [4.78, 5) is 33.4. The molecule has 0 aliphatic rings. The summed E-state index contributed by atoms with van der Waals surface area (Å²) >= 11 is 1.48. The van der Waals surface area contributed by atoms with Gasteiger partial charge in [-0.15, -0.1) is 11.3 Å². The van der Waals surface area contributed by atoms with Crippen LogP contribution < -0.4 is 11.0 Å². The number of nitrogens with zero attached hydrogens (tertiary/aromatic N) is 3. The Kier molecular flexibility index (Phi) is 4.28. The van der Waals surface area contributed by atoms with Gasteiger partial charge in [-0.2, -0.15) is 0 Å². The van der Waals surface area contributed by atoms with E-state index in [1.165, 1.54) is 17.7 Å². The Balaban J connectivity index is 1.51. The summed E-state index contributed by atoms with van der Waals surface area (Å²) in [5.74, 6) is -0.325. The van der Waals surface area contributed by atoms with Crippen molar-refractivity contribution in [1.29, 1.82) is 0 Å². The minimum absolute atomic E-state index is 0.0859. The second-order valence-corrected chi connectivity index (χ2v) is 6.52. The minimum atomic E-state index is -0.325. The number of carbonyl (C=O) groups excluding carboxylic acids is 1. The number of hydrogen-bond donors (Lipinski definition) is 1. The molecule has 1 N–H and O–H groups in total. The zero-order valence-electron chi connectivity index (χ0n) is 13.6. The molecule has 0 unspecified atom stereocenters. The number of rotatable bonds is 4. The van der Waals surface area contributed by atoms with Gasteiger partial charge in [0.15, 0.2) is 0 Å². The van der Waals surface area contributed by atoms with E-state index in [2.05, 4.69) is 15.4 Å². The number of hydrogen-bond acceptors (Lipinski definition) is 5. The highest BCUT2D eigenvalue weighted by Crippen LogP contribution is 2.23. The summed E-state index contributed by atoms with van der Waals surface area (Å²) in [6.45, 7) is 0. The van der Waals surface area contributed by atoms with E-state index in [-0.39, 0.29) is 17.9 Å². The molecule has 2 heterocycles. The van der Waals surface area contributed by atoms with Crippen LogP contribution in [0.4, 0.5) is 0 Å². The average molecular weight is 362 g/mol. The van der Waals surface area contributed by atoms with Crippen molar-refractivity contribution in [1.82, 2.24) is 14.6 Å². The second-order valence-electron chi connectivity index (χ2n) is 5.66. The average Bonchev–Trinajstić information content (AvgIpc) is 3.13. The molecule has 1 amide bonds. The third-order valence-electron chi connectivity index (χ3n) is 3.82. The van der Waals surface area contributed by atoms with Crippen LogP contribution in [0, 0.1) is 0 Å². The molecule has 0 bridgehead atoms. The summed E-state index contributed by atoms with van der Waals surface area (Å²) in [5, 5.41) is 3.16. The summed E-state index contributed by atoms with van der Waals surface area (Å²) < 4.78 is 1.11. The smallest absolute Gasteiger partial charge is 0.273 e.